The van der Waals surface area contributed by atoms with E-state index >= 15 is 0 Å². The van der Waals surface area contributed by atoms with E-state index in [9.17, 15) is 4.79 Å². The topological polar surface area (TPSA) is 59.6 Å². The van der Waals surface area contributed by atoms with Gasteiger partial charge in [0.1, 0.15) is 5.60 Å². The first kappa shape index (κ1) is 18.5. The third-order valence-electron chi connectivity index (χ3n) is 5.00. The number of carbonyl (C=O) groups is 1. The molecule has 2 fully saturated rings. The van der Waals surface area contributed by atoms with Gasteiger partial charge >= 0.3 is 6.09 Å². The molecule has 2 N–H and O–H groups in total. The number of hydrogen-bond acceptors (Lipinski definition) is 4. The molecule has 0 heterocycles. The highest BCUT2D eigenvalue weighted by atomic mass is 16.6. The van der Waals surface area contributed by atoms with Crippen molar-refractivity contribution >= 4 is 6.09 Å². The Balaban J connectivity index is 1.82. The first-order valence-electron chi connectivity index (χ1n) is 9.15. The summed E-state index contributed by atoms with van der Waals surface area (Å²) < 4.78 is 10.9. The molecular weight excluding hydrogens is 292 g/mol. The summed E-state index contributed by atoms with van der Waals surface area (Å²) >= 11 is 0. The Morgan fingerprint density at radius 3 is 2.43 bits per heavy atom. The van der Waals surface area contributed by atoms with Crippen molar-refractivity contribution in [2.75, 3.05) is 13.7 Å². The van der Waals surface area contributed by atoms with Crippen LogP contribution in [0.2, 0.25) is 0 Å². The van der Waals surface area contributed by atoms with Gasteiger partial charge < -0.3 is 20.1 Å². The molecule has 0 saturated heterocycles. The molecule has 2 aliphatic carbocycles. The van der Waals surface area contributed by atoms with E-state index in [1.165, 1.54) is 32.1 Å². The van der Waals surface area contributed by atoms with Crippen LogP contribution in [0.3, 0.4) is 0 Å². The van der Waals surface area contributed by atoms with Crippen molar-refractivity contribution in [3.63, 3.8) is 0 Å². The van der Waals surface area contributed by atoms with E-state index in [2.05, 4.69) is 10.6 Å². The second-order valence-electron chi connectivity index (χ2n) is 8.01. The van der Waals surface area contributed by atoms with Crippen LogP contribution in [0.5, 0.6) is 0 Å². The zero-order valence-electron chi connectivity index (χ0n) is 15.2. The smallest absolute Gasteiger partial charge is 0.407 e. The van der Waals surface area contributed by atoms with E-state index < -0.39 is 5.60 Å². The van der Waals surface area contributed by atoms with Gasteiger partial charge in [-0.3, -0.25) is 0 Å². The summed E-state index contributed by atoms with van der Waals surface area (Å²) in [6.45, 7) is 6.37. The summed E-state index contributed by atoms with van der Waals surface area (Å²) in [4.78, 5) is 11.9. The van der Waals surface area contributed by atoms with Gasteiger partial charge in [-0.15, -0.1) is 0 Å². The Morgan fingerprint density at radius 1 is 1.04 bits per heavy atom. The van der Waals surface area contributed by atoms with E-state index in [0.717, 1.165) is 12.8 Å². The van der Waals surface area contributed by atoms with Gasteiger partial charge in [-0.05, 0) is 58.8 Å². The molecule has 5 nitrogen and oxygen atoms in total. The minimum atomic E-state index is -0.441. The first-order chi connectivity index (χ1) is 10.9. The van der Waals surface area contributed by atoms with E-state index in [1.807, 2.05) is 27.9 Å². The zero-order valence-corrected chi connectivity index (χ0v) is 15.2. The summed E-state index contributed by atoms with van der Waals surface area (Å²) in [5, 5.41) is 6.78. The lowest BCUT2D eigenvalue weighted by molar-refractivity contribution is 0.0499. The van der Waals surface area contributed by atoms with Crippen molar-refractivity contribution in [3.05, 3.63) is 0 Å². The summed E-state index contributed by atoms with van der Waals surface area (Å²) in [7, 11) is 1.81. The molecule has 5 heteroatoms. The zero-order chi connectivity index (χ0) is 16.9. The van der Waals surface area contributed by atoms with Crippen molar-refractivity contribution in [2.45, 2.75) is 89.5 Å². The van der Waals surface area contributed by atoms with Crippen molar-refractivity contribution in [2.24, 2.45) is 5.92 Å². The lowest BCUT2D eigenvalue weighted by Crippen LogP contribution is -2.50. The monoisotopic (exact) mass is 326 g/mol. The van der Waals surface area contributed by atoms with Crippen molar-refractivity contribution in [1.82, 2.24) is 10.6 Å². The molecule has 0 radical (unpaired) electrons. The van der Waals surface area contributed by atoms with Gasteiger partial charge in [0.15, 0.2) is 0 Å². The summed E-state index contributed by atoms with van der Waals surface area (Å²) in [5.41, 5.74) is -0.441. The van der Waals surface area contributed by atoms with Crippen LogP contribution < -0.4 is 10.6 Å². The van der Waals surface area contributed by atoms with Gasteiger partial charge in [-0.1, -0.05) is 12.8 Å². The largest absolute Gasteiger partial charge is 0.444 e. The van der Waals surface area contributed by atoms with E-state index in [0.29, 0.717) is 30.7 Å². The Morgan fingerprint density at radius 2 is 1.74 bits per heavy atom. The number of hydrogen-bond donors (Lipinski definition) is 2. The quantitative estimate of drug-likeness (QED) is 0.814. The third kappa shape index (κ3) is 5.96. The minimum Gasteiger partial charge on any atom is -0.444 e. The molecule has 1 amide bonds. The number of methoxy groups -OCH3 is 1. The van der Waals surface area contributed by atoms with E-state index in [4.69, 9.17) is 9.47 Å². The highest BCUT2D eigenvalue weighted by Crippen LogP contribution is 2.28. The van der Waals surface area contributed by atoms with Crippen LogP contribution in [-0.2, 0) is 9.47 Å². The summed E-state index contributed by atoms with van der Waals surface area (Å²) in [6.07, 6.45) is 8.49. The molecule has 2 saturated carbocycles. The standard InChI is InChI=1S/C18H34N2O3/c1-18(2,3)23-17(21)19-12-13-8-5-6-9-14(13)20-15-10-7-11-16(15)22-4/h13-16,20H,5-12H2,1-4H3,(H,19,21). The Hall–Kier alpha value is -0.810. The molecule has 4 atom stereocenters. The lowest BCUT2D eigenvalue weighted by atomic mass is 9.84. The van der Waals surface area contributed by atoms with Gasteiger partial charge in [0.2, 0.25) is 0 Å². The number of amides is 1. The normalized spacial score (nSPS) is 31.8. The fourth-order valence-corrected chi connectivity index (χ4v) is 3.87. The van der Waals surface area contributed by atoms with Crippen LogP contribution in [0.1, 0.15) is 65.7 Å². The SMILES string of the molecule is COC1CCCC1NC1CCCCC1CNC(=O)OC(C)(C)C. The maximum absolute atomic E-state index is 11.9. The number of alkyl carbamates (subject to hydrolysis) is 1. The molecule has 0 aliphatic heterocycles. The fraction of sp³-hybridized carbons (Fsp3) is 0.944. The number of nitrogens with one attached hydrogen (secondary N) is 2. The molecule has 0 aromatic rings. The van der Waals surface area contributed by atoms with Gasteiger partial charge in [-0.25, -0.2) is 4.79 Å². The average molecular weight is 326 g/mol. The first-order valence-corrected chi connectivity index (χ1v) is 9.15. The summed E-state index contributed by atoms with van der Waals surface area (Å²) in [5.74, 6) is 0.481. The predicted molar refractivity (Wildman–Crippen MR) is 91.6 cm³/mol. The molecule has 2 aliphatic rings. The second kappa shape index (κ2) is 8.34. The molecule has 0 spiro atoms. The van der Waals surface area contributed by atoms with Crippen molar-refractivity contribution < 1.29 is 14.3 Å². The third-order valence-corrected chi connectivity index (χ3v) is 5.00. The Labute approximate surface area is 140 Å². The maximum Gasteiger partial charge on any atom is 0.407 e. The second-order valence-corrected chi connectivity index (χ2v) is 8.01. The van der Waals surface area contributed by atoms with Crippen LogP contribution in [0, 0.1) is 5.92 Å². The molecular formula is C18H34N2O3. The van der Waals surface area contributed by atoms with E-state index in [-0.39, 0.29) is 6.09 Å². The van der Waals surface area contributed by atoms with Crippen LogP contribution in [0.25, 0.3) is 0 Å². The van der Waals surface area contributed by atoms with Gasteiger partial charge in [0.25, 0.3) is 0 Å². The average Bonchev–Trinajstić information content (AvgIpc) is 2.92. The highest BCUT2D eigenvalue weighted by Gasteiger charge is 2.33. The van der Waals surface area contributed by atoms with Crippen LogP contribution in [0.15, 0.2) is 0 Å². The molecule has 134 valence electrons. The van der Waals surface area contributed by atoms with E-state index in [1.54, 1.807) is 0 Å². The van der Waals surface area contributed by atoms with Gasteiger partial charge in [0, 0.05) is 25.7 Å². The van der Waals surface area contributed by atoms with Crippen LogP contribution >= 0.6 is 0 Å². The Bertz CT molecular complexity index is 381. The van der Waals surface area contributed by atoms with Gasteiger partial charge in [0.05, 0.1) is 6.10 Å². The van der Waals surface area contributed by atoms with Crippen LogP contribution in [-0.4, -0.2) is 43.5 Å². The molecule has 4 unspecified atom stereocenters. The van der Waals surface area contributed by atoms with Gasteiger partial charge in [-0.2, -0.15) is 0 Å². The predicted octanol–water partition coefficient (Wildman–Crippen LogP) is 3.23. The summed E-state index contributed by atoms with van der Waals surface area (Å²) in [6, 6.07) is 0.937. The number of carbonyl (C=O) groups excluding carboxylic acids is 1. The molecule has 0 aromatic heterocycles. The molecule has 0 bridgehead atoms. The molecule has 0 aromatic carbocycles. The Kier molecular flexibility index (Phi) is 6.72. The fourth-order valence-electron chi connectivity index (χ4n) is 3.87. The van der Waals surface area contributed by atoms with Crippen LogP contribution in [0.4, 0.5) is 4.79 Å². The minimum absolute atomic E-state index is 0.308. The molecule has 2 rings (SSSR count). The maximum atomic E-state index is 11.9. The lowest BCUT2D eigenvalue weighted by Gasteiger charge is -2.36. The highest BCUT2D eigenvalue weighted by molar-refractivity contribution is 5.67. The number of rotatable bonds is 5. The number of ether oxygens (including phenoxy) is 2. The van der Waals surface area contributed by atoms with Crippen molar-refractivity contribution in [3.8, 4) is 0 Å². The van der Waals surface area contributed by atoms with Crippen molar-refractivity contribution in [1.29, 1.82) is 0 Å². The molecule has 23 heavy (non-hydrogen) atoms.